The molecular formula is C15H13BrF3N3O2S. The number of nitrogens with zero attached hydrogens (tertiary/aromatic N) is 3. The van der Waals surface area contributed by atoms with Crippen LogP contribution in [0.3, 0.4) is 0 Å². The summed E-state index contributed by atoms with van der Waals surface area (Å²) >= 11 is 7.04. The first-order valence-electron chi connectivity index (χ1n) is 6.97. The third-order valence-electron chi connectivity index (χ3n) is 2.80. The molecule has 0 N–H and O–H groups in total. The van der Waals surface area contributed by atoms with Gasteiger partial charge >= 0.3 is 12.1 Å². The van der Waals surface area contributed by atoms with E-state index in [1.54, 1.807) is 13.8 Å². The number of hydrogen-bond acceptors (Lipinski definition) is 5. The molecule has 0 unspecified atom stereocenters. The first-order chi connectivity index (χ1) is 11.6. The highest BCUT2D eigenvalue weighted by Crippen LogP contribution is 2.33. The first-order valence-corrected chi connectivity index (χ1v) is 8.21. The fourth-order valence-corrected chi connectivity index (χ4v) is 2.39. The first kappa shape index (κ1) is 19.5. The molecule has 1 aromatic heterocycles. The zero-order valence-electron chi connectivity index (χ0n) is 13.1. The lowest BCUT2D eigenvalue weighted by Gasteiger charge is -2.08. The van der Waals surface area contributed by atoms with Gasteiger partial charge in [0, 0.05) is 10.5 Å². The average molecular weight is 436 g/mol. The van der Waals surface area contributed by atoms with Crippen molar-refractivity contribution in [2.75, 3.05) is 0 Å². The molecule has 0 aliphatic carbocycles. The Kier molecular flexibility index (Phi) is 5.94. The zero-order valence-corrected chi connectivity index (χ0v) is 15.6. The van der Waals surface area contributed by atoms with E-state index in [0.717, 1.165) is 12.1 Å². The van der Waals surface area contributed by atoms with Gasteiger partial charge < -0.3 is 4.74 Å². The van der Waals surface area contributed by atoms with Crippen LogP contribution in [-0.4, -0.2) is 26.8 Å². The maximum Gasteiger partial charge on any atom is 0.416 e. The van der Waals surface area contributed by atoms with E-state index in [2.05, 4.69) is 38.6 Å². The van der Waals surface area contributed by atoms with Crippen molar-refractivity contribution in [2.24, 2.45) is 0 Å². The normalized spacial score (nSPS) is 12.6. The predicted molar refractivity (Wildman–Crippen MR) is 92.1 cm³/mol. The second kappa shape index (κ2) is 7.61. The molecule has 2 rings (SSSR count). The molecule has 0 spiro atoms. The van der Waals surface area contributed by atoms with Crippen LogP contribution in [0.1, 0.15) is 19.4 Å². The number of rotatable bonds is 4. The SMILES string of the molecule is CC(C)OC(=O)/C(Br)=C/n1cnc(-c2cc(S)cc(C(F)(F)F)c2)n1. The number of carbonyl (C=O) groups excluding carboxylic acids is 1. The van der Waals surface area contributed by atoms with Crippen LogP contribution in [0.2, 0.25) is 0 Å². The van der Waals surface area contributed by atoms with Gasteiger partial charge in [0.05, 0.1) is 17.9 Å². The van der Waals surface area contributed by atoms with E-state index in [1.165, 1.54) is 23.3 Å². The highest BCUT2D eigenvalue weighted by Gasteiger charge is 2.31. The molecule has 2 aromatic rings. The summed E-state index contributed by atoms with van der Waals surface area (Å²) in [7, 11) is 0. The molecule has 5 nitrogen and oxygen atoms in total. The number of hydrogen-bond donors (Lipinski definition) is 1. The minimum absolute atomic E-state index is 0.0650. The number of alkyl halides is 3. The summed E-state index contributed by atoms with van der Waals surface area (Å²) in [6.45, 7) is 3.41. The quantitative estimate of drug-likeness (QED) is 0.439. The van der Waals surface area contributed by atoms with Gasteiger partial charge in [-0.15, -0.1) is 17.7 Å². The van der Waals surface area contributed by atoms with Crippen molar-refractivity contribution in [1.29, 1.82) is 0 Å². The van der Waals surface area contributed by atoms with Gasteiger partial charge in [-0.1, -0.05) is 0 Å². The summed E-state index contributed by atoms with van der Waals surface area (Å²) in [5, 5.41) is 4.04. The average Bonchev–Trinajstić information content (AvgIpc) is 2.93. The molecule has 0 saturated heterocycles. The van der Waals surface area contributed by atoms with Gasteiger partial charge in [-0.05, 0) is 48.0 Å². The molecule has 0 radical (unpaired) electrons. The standard InChI is InChI=1S/C15H13BrF3N3O2S/c1-8(2)24-14(23)12(16)6-22-7-20-13(21-22)9-3-10(15(17,18)19)5-11(25)4-9/h3-8,25H,1-2H3/b12-6-. The topological polar surface area (TPSA) is 57.0 Å². The number of esters is 1. The summed E-state index contributed by atoms with van der Waals surface area (Å²) in [4.78, 5) is 15.8. The monoisotopic (exact) mass is 435 g/mol. The van der Waals surface area contributed by atoms with E-state index >= 15 is 0 Å². The largest absolute Gasteiger partial charge is 0.459 e. The number of carbonyl (C=O) groups is 1. The molecule has 0 aliphatic rings. The van der Waals surface area contributed by atoms with Gasteiger partial charge in [0.1, 0.15) is 10.8 Å². The minimum atomic E-state index is -4.50. The summed E-state index contributed by atoms with van der Waals surface area (Å²) < 4.78 is 44.9. The van der Waals surface area contributed by atoms with E-state index in [-0.39, 0.29) is 26.9 Å². The Morgan fingerprint density at radius 3 is 2.64 bits per heavy atom. The number of ether oxygens (including phenoxy) is 1. The Balaban J connectivity index is 2.30. The fraction of sp³-hybridized carbons (Fsp3) is 0.267. The van der Waals surface area contributed by atoms with Crippen LogP contribution < -0.4 is 0 Å². The van der Waals surface area contributed by atoms with Crippen LogP contribution in [0.25, 0.3) is 17.6 Å². The summed E-state index contributed by atoms with van der Waals surface area (Å²) in [6.07, 6.45) is -2.23. The van der Waals surface area contributed by atoms with Crippen molar-refractivity contribution in [3.05, 3.63) is 34.6 Å². The van der Waals surface area contributed by atoms with E-state index in [0.29, 0.717) is 0 Å². The van der Waals surface area contributed by atoms with Crippen LogP contribution in [-0.2, 0) is 15.7 Å². The fourth-order valence-electron chi connectivity index (χ4n) is 1.81. The van der Waals surface area contributed by atoms with Crippen molar-refractivity contribution in [1.82, 2.24) is 14.8 Å². The van der Waals surface area contributed by atoms with Crippen molar-refractivity contribution >= 4 is 40.7 Å². The molecule has 0 bridgehead atoms. The minimum Gasteiger partial charge on any atom is -0.459 e. The molecule has 0 fully saturated rings. The molecule has 134 valence electrons. The molecule has 1 aromatic carbocycles. The second-order valence-corrected chi connectivity index (χ2v) is 6.62. The summed E-state index contributed by atoms with van der Waals surface area (Å²) in [5.74, 6) is -0.529. The maximum atomic E-state index is 12.9. The van der Waals surface area contributed by atoms with Gasteiger partial charge in [0.25, 0.3) is 0 Å². The van der Waals surface area contributed by atoms with Crippen molar-refractivity contribution in [2.45, 2.75) is 31.0 Å². The van der Waals surface area contributed by atoms with Crippen LogP contribution in [0, 0.1) is 0 Å². The molecule has 0 amide bonds. The number of benzene rings is 1. The van der Waals surface area contributed by atoms with Gasteiger partial charge in [0.2, 0.25) is 0 Å². The Bertz CT molecular complexity index is 819. The second-order valence-electron chi connectivity index (χ2n) is 5.25. The van der Waals surface area contributed by atoms with Crippen LogP contribution >= 0.6 is 28.6 Å². The van der Waals surface area contributed by atoms with Gasteiger partial charge in [-0.2, -0.15) is 13.2 Å². The number of halogens is 4. The zero-order chi connectivity index (χ0) is 18.8. The lowest BCUT2D eigenvalue weighted by Crippen LogP contribution is -2.11. The molecule has 1 heterocycles. The predicted octanol–water partition coefficient (Wildman–Crippen LogP) is 4.40. The van der Waals surface area contributed by atoms with E-state index in [4.69, 9.17) is 4.74 Å². The summed E-state index contributed by atoms with van der Waals surface area (Å²) in [6, 6.07) is 3.27. The Labute approximate surface area is 155 Å². The van der Waals surface area contributed by atoms with Crippen LogP contribution in [0.4, 0.5) is 13.2 Å². The molecule has 0 saturated carbocycles. The van der Waals surface area contributed by atoms with Gasteiger partial charge in [-0.3, -0.25) is 0 Å². The lowest BCUT2D eigenvalue weighted by molar-refractivity contribution is -0.141. The Morgan fingerprint density at radius 1 is 1.36 bits per heavy atom. The van der Waals surface area contributed by atoms with Crippen molar-refractivity contribution in [3.8, 4) is 11.4 Å². The highest BCUT2D eigenvalue weighted by molar-refractivity contribution is 9.12. The van der Waals surface area contributed by atoms with Crippen molar-refractivity contribution < 1.29 is 22.7 Å². The molecule has 0 atom stereocenters. The number of thiol groups is 1. The van der Waals surface area contributed by atoms with E-state index in [1.807, 2.05) is 0 Å². The number of aromatic nitrogens is 3. The molecule has 25 heavy (non-hydrogen) atoms. The maximum absolute atomic E-state index is 12.9. The third kappa shape index (κ3) is 5.33. The summed E-state index contributed by atoms with van der Waals surface area (Å²) in [5.41, 5.74) is -0.684. The Morgan fingerprint density at radius 2 is 2.04 bits per heavy atom. The van der Waals surface area contributed by atoms with Crippen molar-refractivity contribution in [3.63, 3.8) is 0 Å². The third-order valence-corrected chi connectivity index (χ3v) is 3.58. The highest BCUT2D eigenvalue weighted by atomic mass is 79.9. The molecular weight excluding hydrogens is 423 g/mol. The van der Waals surface area contributed by atoms with Crippen LogP contribution in [0.15, 0.2) is 33.9 Å². The van der Waals surface area contributed by atoms with E-state index in [9.17, 15) is 18.0 Å². The lowest BCUT2D eigenvalue weighted by atomic mass is 10.1. The van der Waals surface area contributed by atoms with E-state index < -0.39 is 17.7 Å². The van der Waals surface area contributed by atoms with Gasteiger partial charge in [-0.25, -0.2) is 14.5 Å². The van der Waals surface area contributed by atoms with Crippen LogP contribution in [0.5, 0.6) is 0 Å². The van der Waals surface area contributed by atoms with Gasteiger partial charge in [0.15, 0.2) is 5.82 Å². The molecule has 10 heteroatoms. The smallest absolute Gasteiger partial charge is 0.416 e. The molecule has 0 aliphatic heterocycles. The Hall–Kier alpha value is -1.81.